The SMILES string of the molecule is CCNC(C)c1ccc(OCC)c(C)c1. The van der Waals surface area contributed by atoms with Crippen LogP contribution >= 0.6 is 0 Å². The normalized spacial score (nSPS) is 12.5. The summed E-state index contributed by atoms with van der Waals surface area (Å²) in [5.74, 6) is 0.991. The summed E-state index contributed by atoms with van der Waals surface area (Å²) in [5.41, 5.74) is 2.52. The van der Waals surface area contributed by atoms with Crippen molar-refractivity contribution in [3.8, 4) is 5.75 Å². The van der Waals surface area contributed by atoms with Crippen LogP contribution in [0.3, 0.4) is 0 Å². The molecule has 1 N–H and O–H groups in total. The zero-order valence-electron chi connectivity index (χ0n) is 10.1. The van der Waals surface area contributed by atoms with Gasteiger partial charge in [0.1, 0.15) is 5.75 Å². The quantitative estimate of drug-likeness (QED) is 0.801. The topological polar surface area (TPSA) is 21.3 Å². The average Bonchev–Trinajstić information content (AvgIpc) is 2.21. The van der Waals surface area contributed by atoms with Gasteiger partial charge in [-0.3, -0.25) is 0 Å². The fourth-order valence-corrected chi connectivity index (χ4v) is 1.68. The van der Waals surface area contributed by atoms with Crippen molar-refractivity contribution in [3.63, 3.8) is 0 Å². The summed E-state index contributed by atoms with van der Waals surface area (Å²) in [6, 6.07) is 6.79. The van der Waals surface area contributed by atoms with E-state index < -0.39 is 0 Å². The van der Waals surface area contributed by atoms with Gasteiger partial charge in [-0.2, -0.15) is 0 Å². The predicted octanol–water partition coefficient (Wildman–Crippen LogP) is 3.06. The molecule has 1 rings (SSSR count). The molecule has 0 heterocycles. The van der Waals surface area contributed by atoms with E-state index in [1.807, 2.05) is 6.92 Å². The summed E-state index contributed by atoms with van der Waals surface area (Å²) in [7, 11) is 0. The van der Waals surface area contributed by atoms with Gasteiger partial charge in [0.25, 0.3) is 0 Å². The van der Waals surface area contributed by atoms with Crippen LogP contribution in [0.25, 0.3) is 0 Å². The highest BCUT2D eigenvalue weighted by Crippen LogP contribution is 2.22. The lowest BCUT2D eigenvalue weighted by atomic mass is 10.1. The highest BCUT2D eigenvalue weighted by atomic mass is 16.5. The van der Waals surface area contributed by atoms with Crippen molar-refractivity contribution in [2.24, 2.45) is 0 Å². The van der Waals surface area contributed by atoms with Crippen LogP contribution in [-0.2, 0) is 0 Å². The first-order valence-corrected chi connectivity index (χ1v) is 5.65. The van der Waals surface area contributed by atoms with Crippen LogP contribution < -0.4 is 10.1 Å². The number of ether oxygens (including phenoxy) is 1. The Kier molecular flexibility index (Phi) is 4.63. The molecule has 15 heavy (non-hydrogen) atoms. The highest BCUT2D eigenvalue weighted by molar-refractivity contribution is 5.37. The minimum absolute atomic E-state index is 0.407. The summed E-state index contributed by atoms with van der Waals surface area (Å²) in [4.78, 5) is 0. The first-order chi connectivity index (χ1) is 7.19. The summed E-state index contributed by atoms with van der Waals surface area (Å²) in [6.45, 7) is 10.1. The average molecular weight is 207 g/mol. The Balaban J connectivity index is 2.81. The van der Waals surface area contributed by atoms with Crippen LogP contribution in [0.2, 0.25) is 0 Å². The van der Waals surface area contributed by atoms with E-state index in [1.165, 1.54) is 11.1 Å². The number of nitrogens with one attached hydrogen (secondary N) is 1. The van der Waals surface area contributed by atoms with E-state index in [0.29, 0.717) is 6.04 Å². The van der Waals surface area contributed by atoms with Gasteiger partial charge in [-0.15, -0.1) is 0 Å². The van der Waals surface area contributed by atoms with Gasteiger partial charge in [0, 0.05) is 6.04 Å². The molecular formula is C13H21NO. The van der Waals surface area contributed by atoms with Crippen LogP contribution in [0.4, 0.5) is 0 Å². The Hall–Kier alpha value is -1.02. The number of hydrogen-bond donors (Lipinski definition) is 1. The van der Waals surface area contributed by atoms with Crippen molar-refractivity contribution in [2.45, 2.75) is 33.7 Å². The second-order valence-corrected chi connectivity index (χ2v) is 3.74. The highest BCUT2D eigenvalue weighted by Gasteiger charge is 2.06. The molecule has 1 aromatic carbocycles. The maximum absolute atomic E-state index is 5.51. The van der Waals surface area contributed by atoms with E-state index in [-0.39, 0.29) is 0 Å². The van der Waals surface area contributed by atoms with Crippen molar-refractivity contribution in [3.05, 3.63) is 29.3 Å². The van der Waals surface area contributed by atoms with Gasteiger partial charge in [0.15, 0.2) is 0 Å². The van der Waals surface area contributed by atoms with Crippen molar-refractivity contribution < 1.29 is 4.74 Å². The maximum atomic E-state index is 5.51. The van der Waals surface area contributed by atoms with Gasteiger partial charge >= 0.3 is 0 Å². The molecule has 0 fully saturated rings. The zero-order chi connectivity index (χ0) is 11.3. The second kappa shape index (κ2) is 5.76. The maximum Gasteiger partial charge on any atom is 0.122 e. The summed E-state index contributed by atoms with van der Waals surface area (Å²) < 4.78 is 5.51. The minimum atomic E-state index is 0.407. The second-order valence-electron chi connectivity index (χ2n) is 3.74. The van der Waals surface area contributed by atoms with Gasteiger partial charge in [-0.25, -0.2) is 0 Å². The molecule has 84 valence electrons. The van der Waals surface area contributed by atoms with Crippen molar-refractivity contribution in [2.75, 3.05) is 13.2 Å². The molecule has 1 unspecified atom stereocenters. The molecule has 0 aliphatic carbocycles. The molecule has 0 spiro atoms. The molecule has 0 radical (unpaired) electrons. The lowest BCUT2D eigenvalue weighted by Crippen LogP contribution is -2.17. The molecule has 0 amide bonds. The lowest BCUT2D eigenvalue weighted by Gasteiger charge is -2.15. The smallest absolute Gasteiger partial charge is 0.122 e. The van der Waals surface area contributed by atoms with E-state index in [0.717, 1.165) is 18.9 Å². The molecule has 0 bridgehead atoms. The Morgan fingerprint density at radius 3 is 2.60 bits per heavy atom. The van der Waals surface area contributed by atoms with Gasteiger partial charge in [0.05, 0.1) is 6.61 Å². The minimum Gasteiger partial charge on any atom is -0.494 e. The van der Waals surface area contributed by atoms with Gasteiger partial charge < -0.3 is 10.1 Å². The van der Waals surface area contributed by atoms with Gasteiger partial charge in [-0.05, 0) is 44.5 Å². The molecular weight excluding hydrogens is 186 g/mol. The van der Waals surface area contributed by atoms with E-state index in [2.05, 4.69) is 44.3 Å². The third kappa shape index (κ3) is 3.24. The Bertz CT molecular complexity index is 309. The number of aryl methyl sites for hydroxylation is 1. The fourth-order valence-electron chi connectivity index (χ4n) is 1.68. The van der Waals surface area contributed by atoms with Gasteiger partial charge in [-0.1, -0.05) is 19.1 Å². The molecule has 0 aromatic heterocycles. The molecule has 1 aromatic rings. The first-order valence-electron chi connectivity index (χ1n) is 5.65. The monoisotopic (exact) mass is 207 g/mol. The Labute approximate surface area is 92.6 Å². The Morgan fingerprint density at radius 1 is 1.33 bits per heavy atom. The van der Waals surface area contributed by atoms with Crippen molar-refractivity contribution >= 4 is 0 Å². The third-order valence-corrected chi connectivity index (χ3v) is 2.51. The number of rotatable bonds is 5. The van der Waals surface area contributed by atoms with E-state index in [9.17, 15) is 0 Å². The van der Waals surface area contributed by atoms with E-state index in [4.69, 9.17) is 4.74 Å². The van der Waals surface area contributed by atoms with Crippen LogP contribution in [0, 0.1) is 6.92 Å². The first kappa shape index (κ1) is 12.1. The standard InChI is InChI=1S/C13H21NO/c1-5-14-11(4)12-7-8-13(15-6-2)10(3)9-12/h7-9,11,14H,5-6H2,1-4H3. The summed E-state index contributed by atoms with van der Waals surface area (Å²) in [5, 5.41) is 3.40. The third-order valence-electron chi connectivity index (χ3n) is 2.51. The molecule has 0 aliphatic rings. The molecule has 2 heteroatoms. The Morgan fingerprint density at radius 2 is 2.07 bits per heavy atom. The van der Waals surface area contributed by atoms with Gasteiger partial charge in [0.2, 0.25) is 0 Å². The summed E-state index contributed by atoms with van der Waals surface area (Å²) >= 11 is 0. The van der Waals surface area contributed by atoms with Crippen molar-refractivity contribution in [1.29, 1.82) is 0 Å². The molecule has 0 saturated carbocycles. The zero-order valence-corrected chi connectivity index (χ0v) is 10.1. The molecule has 1 atom stereocenters. The van der Waals surface area contributed by atoms with Crippen LogP contribution in [0.1, 0.15) is 37.9 Å². The van der Waals surface area contributed by atoms with Crippen molar-refractivity contribution in [1.82, 2.24) is 5.32 Å². The number of benzene rings is 1. The van der Waals surface area contributed by atoms with E-state index in [1.54, 1.807) is 0 Å². The van der Waals surface area contributed by atoms with E-state index >= 15 is 0 Å². The van der Waals surface area contributed by atoms with Crippen LogP contribution in [0.15, 0.2) is 18.2 Å². The molecule has 0 aliphatic heterocycles. The summed E-state index contributed by atoms with van der Waals surface area (Å²) in [6.07, 6.45) is 0. The fraction of sp³-hybridized carbons (Fsp3) is 0.538. The lowest BCUT2D eigenvalue weighted by molar-refractivity contribution is 0.337. The molecule has 0 saturated heterocycles. The molecule has 2 nitrogen and oxygen atoms in total. The largest absolute Gasteiger partial charge is 0.494 e. The number of hydrogen-bond acceptors (Lipinski definition) is 2. The van der Waals surface area contributed by atoms with Crippen LogP contribution in [-0.4, -0.2) is 13.2 Å². The predicted molar refractivity (Wildman–Crippen MR) is 64.4 cm³/mol. The van der Waals surface area contributed by atoms with Crippen LogP contribution in [0.5, 0.6) is 5.75 Å².